The van der Waals surface area contributed by atoms with Crippen LogP contribution in [0.2, 0.25) is 51.5 Å². The fraction of sp³-hybridized carbons (Fsp3) is 1.00. The Bertz CT molecular complexity index is 2260. The summed E-state index contributed by atoms with van der Waals surface area (Å²) in [6, 6.07) is 0. The topological polar surface area (TPSA) is 520 Å². The minimum Gasteiger partial charge on any atom is -0.565 e. The van der Waals surface area contributed by atoms with Crippen LogP contribution >= 0.6 is 0 Å². The van der Waals surface area contributed by atoms with Crippen molar-refractivity contribution in [2.45, 2.75) is 51.5 Å². The lowest BCUT2D eigenvalue weighted by molar-refractivity contribution is -0.240. The molecule has 7 atom stereocenters. The van der Waals surface area contributed by atoms with Crippen LogP contribution in [0.3, 0.4) is 0 Å². The molecular formula is C9H118O49Si50. The summed E-state index contributed by atoms with van der Waals surface area (Å²) in [5.41, 5.74) is 0.252. The molecular weight excluding hydrogens is 2300 g/mol. The summed E-state index contributed by atoms with van der Waals surface area (Å²) in [6.45, 7) is 9.60. The summed E-state index contributed by atoms with van der Waals surface area (Å²) in [4.78, 5) is 39.2. The van der Waals surface area contributed by atoms with Crippen molar-refractivity contribution in [1.82, 2.24) is 0 Å². The maximum Gasteiger partial charge on any atom is 0.740 e. The van der Waals surface area contributed by atoms with Gasteiger partial charge in [0.05, 0.1) is 8.31 Å². The molecule has 0 aliphatic rings. The number of hydrogen-bond donors (Lipinski definition) is 4. The van der Waals surface area contributed by atoms with E-state index in [-0.39, 0.29) is 267 Å². The Morgan fingerprint density at radius 3 is 0.843 bits per heavy atom. The van der Waals surface area contributed by atoms with E-state index >= 15 is 4.46 Å². The second-order valence-corrected chi connectivity index (χ2v) is 143. The molecule has 0 heterocycles. The van der Waals surface area contributed by atoms with Gasteiger partial charge in [0, 0.05) is 26.6 Å². The highest BCUT2D eigenvalue weighted by molar-refractivity contribution is 7.86. The third-order valence-electron chi connectivity index (χ3n) is 13.9. The molecule has 0 saturated carbocycles. The highest BCUT2D eigenvalue weighted by Gasteiger charge is 2.80. The molecule has 0 aromatic carbocycles. The van der Waals surface area contributed by atoms with Crippen molar-refractivity contribution < 1.29 is 207 Å². The molecule has 108 heavy (non-hydrogen) atoms. The van der Waals surface area contributed by atoms with Crippen LogP contribution in [0.25, 0.3) is 0 Å². The normalized spacial score (nSPS) is 22.2. The Kier molecular flexibility index (Phi) is 64.8. The molecule has 0 saturated heterocycles. The van der Waals surface area contributed by atoms with Crippen molar-refractivity contribution in [3.05, 3.63) is 0 Å². The lowest BCUT2D eigenvalue weighted by Gasteiger charge is -2.49. The molecule has 648 valence electrons. The quantitative estimate of drug-likeness (QED) is 0.0250. The minimum absolute atomic E-state index is 0.115. The van der Waals surface area contributed by atoms with Gasteiger partial charge in [-0.25, -0.2) is 9.15 Å². The van der Waals surface area contributed by atoms with Crippen LogP contribution in [-0.4, -0.2) is 510 Å². The molecule has 0 rings (SSSR count). The monoisotopic (exact) mass is 2410 g/mol. The van der Waals surface area contributed by atoms with E-state index in [0.717, 1.165) is 0 Å². The second-order valence-electron chi connectivity index (χ2n) is 21.0. The van der Waals surface area contributed by atoms with Gasteiger partial charge >= 0.3 is 136 Å². The average molecular weight is 2420 g/mol. The van der Waals surface area contributed by atoms with E-state index in [2.05, 4.69) is 10.7 Å². The molecule has 0 aromatic rings. The Morgan fingerprint density at radius 1 is 0.380 bits per heavy atom. The van der Waals surface area contributed by atoms with E-state index < -0.39 is 213 Å². The summed E-state index contributed by atoms with van der Waals surface area (Å²) in [7, 11) is -90.2. The second kappa shape index (κ2) is 58.3. The van der Waals surface area contributed by atoms with Gasteiger partial charge in [0.2, 0.25) is 0 Å². The van der Waals surface area contributed by atoms with Crippen molar-refractivity contribution in [3.63, 3.8) is 0 Å². The zero-order valence-electron chi connectivity index (χ0n) is 67.9. The van der Waals surface area contributed by atoms with Gasteiger partial charge in [-0.2, -0.15) is 0 Å². The average Bonchev–Trinajstić information content (AvgIpc) is 0.744. The first-order chi connectivity index (χ1) is 50.4. The first kappa shape index (κ1) is 120. The third-order valence-corrected chi connectivity index (χ3v) is 183. The fourth-order valence-electron chi connectivity index (χ4n) is 8.97. The summed E-state index contributed by atoms with van der Waals surface area (Å²) in [5.74, 6) is 0. The number of hydrogen-bond acceptors (Lipinski definition) is 49. The molecule has 0 bridgehead atoms. The summed E-state index contributed by atoms with van der Waals surface area (Å²) in [6.07, 6.45) is 0. The van der Waals surface area contributed by atoms with Gasteiger partial charge < -0.3 is 193 Å². The van der Waals surface area contributed by atoms with Crippen LogP contribution in [0.15, 0.2) is 0 Å². The van der Waals surface area contributed by atoms with Gasteiger partial charge in [0.1, 0.15) is 241 Å². The van der Waals surface area contributed by atoms with Crippen LogP contribution in [0.1, 0.15) is 0 Å². The number of rotatable bonds is 64. The van der Waals surface area contributed by atoms with E-state index in [1.54, 1.807) is 33.3 Å². The molecule has 4 N–H and O–H groups in total. The predicted molar refractivity (Wildman–Crippen MR) is 519 cm³/mol. The van der Waals surface area contributed by atoms with Crippen LogP contribution in [0.4, 0.5) is 0 Å². The Labute approximate surface area is 741 Å². The first-order valence-electron chi connectivity index (χ1n) is 30.9. The molecule has 0 aliphatic heterocycles. The summed E-state index contributed by atoms with van der Waals surface area (Å²) in [5, 5.41) is 0. The Balaban J connectivity index is -0.00000926. The molecule has 0 amide bonds. The molecule has 0 radical (unpaired) electrons. The van der Waals surface area contributed by atoms with E-state index in [4.69, 9.17) is 180 Å². The SMILES string of the molecule is CO[Si](C)([SiH3])[Si](O[SiH2]O)([SiH](C)O)[SiH](C)C[Si](C)([SiH3])O[Si](O[Si](=O)O[SiH3])(O[Si](O[SiH3])(O[SiH3])O[SiH3])O[Si](OO[Si](O[Si](O[SiH3])(O[SiH3])O[SiH3])(O[Si](O[SiH3])(O[SiH3])O[SiH3])O[Si](O[SiH3])(O[SiH3])O[SiH3])(O[Si](O[SiH3])(O[SiH3])O[SiH2]C)O[Si](O[Si](O[SiH3])(O[SiH3])O[SiH3])(O[Si](O[SiH3])(O[SiH3])O[SiH3])O[Si](O[SiH3])(O[SiH3])O[SiH3].C[Si](C)=O.O=[Si](O[SiH2]O)[SiH2]O. The molecule has 0 fully saturated rings. The smallest absolute Gasteiger partial charge is 0.565 e. The first-order valence-corrected chi connectivity index (χ1v) is 105. The maximum absolute atomic E-state index is 15.0. The highest BCUT2D eigenvalue weighted by Crippen LogP contribution is 2.40. The third kappa shape index (κ3) is 36.7. The van der Waals surface area contributed by atoms with Gasteiger partial charge in [-0.15, -0.1) is 0 Å². The standard InChI is InChI=1S/C7H106O44Si46.C2H6OSi.H6O4Si3/c1-11-84(6,77)97(39-79-8,81(4)9)80(3)7-83(5,76)41-95(40-82(10)14-52,48-90(24-62,25-63)26-64)46-86(45-94(36-74,37-75)38-78-2,47-96(49-91(27-65,28-66)29-67,50-92(30-68,31-69)32-70)51-93(33-71,34-72)35-73)13-12-85(42-87(15-53,16-54)17-55,43-88(18-56,19-57)20-58)44-89(21-59,22-60)23-61;1-4(2)3;1-5-4-7(3)6-2/h8-9,80-81H,7,78-79H2,1-6,52-77H3;1-2H3;1-2H,5-6H2. The van der Waals surface area contributed by atoms with Crippen molar-refractivity contribution in [2.24, 2.45) is 0 Å². The van der Waals surface area contributed by atoms with E-state index in [1.165, 1.54) is 0 Å². The van der Waals surface area contributed by atoms with E-state index in [0.29, 0.717) is 9.76 Å². The van der Waals surface area contributed by atoms with Gasteiger partial charge in [-0.3, -0.25) is 4.46 Å². The van der Waals surface area contributed by atoms with Gasteiger partial charge in [-0.1, -0.05) is 13.1 Å². The van der Waals surface area contributed by atoms with E-state index in [1.807, 2.05) is 13.1 Å². The van der Waals surface area contributed by atoms with Crippen LogP contribution < -0.4 is 0 Å². The van der Waals surface area contributed by atoms with Crippen LogP contribution in [0.5, 0.6) is 0 Å². The maximum atomic E-state index is 15.0. The van der Waals surface area contributed by atoms with Crippen molar-refractivity contribution in [3.8, 4) is 0 Å². The molecule has 0 spiro atoms. The van der Waals surface area contributed by atoms with Crippen LogP contribution in [-0.2, 0) is 187 Å². The van der Waals surface area contributed by atoms with Crippen molar-refractivity contribution in [1.29, 1.82) is 0 Å². The summed E-state index contributed by atoms with van der Waals surface area (Å²) >= 11 is 0. The fourth-order valence-corrected chi connectivity index (χ4v) is 236. The molecule has 0 aliphatic carbocycles. The summed E-state index contributed by atoms with van der Waals surface area (Å²) < 4.78 is 307. The zero-order valence-corrected chi connectivity index (χ0v) is 146. The highest BCUT2D eigenvalue weighted by atomic mass is 30.0. The Morgan fingerprint density at radius 2 is 0.630 bits per heavy atom. The molecule has 0 aromatic heterocycles. The zero-order chi connectivity index (χ0) is 84.6. The van der Waals surface area contributed by atoms with Crippen LogP contribution in [0, 0.1) is 0 Å². The van der Waals surface area contributed by atoms with Gasteiger partial charge in [0.15, 0.2) is 50.9 Å². The lowest BCUT2D eigenvalue weighted by Crippen LogP contribution is -2.81. The van der Waals surface area contributed by atoms with Crippen molar-refractivity contribution in [2.75, 3.05) is 7.11 Å². The molecule has 49 nitrogen and oxygen atoms in total. The molecule has 99 heteroatoms. The largest absolute Gasteiger partial charge is 0.740 e. The van der Waals surface area contributed by atoms with Crippen molar-refractivity contribution >= 4 is 484 Å². The molecule has 7 unspecified atom stereocenters. The minimum atomic E-state index is -6.77. The predicted octanol–water partition coefficient (Wildman–Crippen LogP) is -43.3. The Hall–Kier alpha value is 7.92. The van der Waals surface area contributed by atoms with Gasteiger partial charge in [0.25, 0.3) is 28.0 Å². The lowest BCUT2D eigenvalue weighted by atomic mass is 11.8. The van der Waals surface area contributed by atoms with Gasteiger partial charge in [-0.05, 0) is 38.4 Å². The van der Waals surface area contributed by atoms with E-state index in [9.17, 15) is 18.5 Å².